The molecule has 1 N–H and O–H groups in total. The van der Waals surface area contributed by atoms with E-state index in [0.717, 1.165) is 17.0 Å². The van der Waals surface area contributed by atoms with Crippen molar-refractivity contribution in [1.29, 1.82) is 0 Å². The SMILES string of the molecule is CCCCC1CCC(c2ccc(-c3ccc(C(=O)O)cc3)cc2)CC1. The normalized spacial score (nSPS) is 20.4. The molecule has 0 unspecified atom stereocenters. The van der Waals surface area contributed by atoms with Gasteiger partial charge in [-0.1, -0.05) is 62.6 Å². The Morgan fingerprint density at radius 1 is 0.920 bits per heavy atom. The van der Waals surface area contributed by atoms with Crippen molar-refractivity contribution < 1.29 is 9.90 Å². The Balaban J connectivity index is 1.62. The lowest BCUT2D eigenvalue weighted by molar-refractivity contribution is 0.0697. The summed E-state index contributed by atoms with van der Waals surface area (Å²) in [4.78, 5) is 10.9. The Morgan fingerprint density at radius 3 is 2.00 bits per heavy atom. The van der Waals surface area contributed by atoms with Crippen LogP contribution in [0.2, 0.25) is 0 Å². The fourth-order valence-electron chi connectivity index (χ4n) is 4.03. The van der Waals surface area contributed by atoms with E-state index in [9.17, 15) is 4.79 Å². The molecule has 25 heavy (non-hydrogen) atoms. The summed E-state index contributed by atoms with van der Waals surface area (Å²) in [5.41, 5.74) is 4.01. The fraction of sp³-hybridized carbons (Fsp3) is 0.435. The van der Waals surface area contributed by atoms with Crippen LogP contribution < -0.4 is 0 Å². The summed E-state index contributed by atoms with van der Waals surface area (Å²) in [6, 6.07) is 16.0. The predicted molar refractivity (Wildman–Crippen MR) is 103 cm³/mol. The molecule has 0 radical (unpaired) electrons. The van der Waals surface area contributed by atoms with Gasteiger partial charge in [0.1, 0.15) is 0 Å². The number of carboxylic acids is 1. The van der Waals surface area contributed by atoms with Crippen molar-refractivity contribution >= 4 is 5.97 Å². The molecule has 0 aromatic heterocycles. The molecule has 132 valence electrons. The molecule has 1 aliphatic carbocycles. The number of aromatic carboxylic acids is 1. The molecule has 2 aromatic rings. The first kappa shape index (κ1) is 17.7. The molecule has 3 rings (SSSR count). The van der Waals surface area contributed by atoms with Gasteiger partial charge in [-0.15, -0.1) is 0 Å². The first-order valence-corrected chi connectivity index (χ1v) is 9.61. The Kier molecular flexibility index (Phi) is 5.91. The Hall–Kier alpha value is -2.09. The van der Waals surface area contributed by atoms with E-state index in [1.54, 1.807) is 12.1 Å². The summed E-state index contributed by atoms with van der Waals surface area (Å²) in [5, 5.41) is 8.99. The minimum atomic E-state index is -0.878. The second-order valence-corrected chi connectivity index (χ2v) is 7.36. The Labute approximate surface area is 150 Å². The zero-order valence-electron chi connectivity index (χ0n) is 15.1. The summed E-state index contributed by atoms with van der Waals surface area (Å²) >= 11 is 0. The fourth-order valence-corrected chi connectivity index (χ4v) is 4.03. The molecule has 1 aliphatic rings. The van der Waals surface area contributed by atoms with Crippen LogP contribution in [0, 0.1) is 5.92 Å². The predicted octanol–water partition coefficient (Wildman–Crippen LogP) is 6.52. The number of hydrogen-bond donors (Lipinski definition) is 1. The summed E-state index contributed by atoms with van der Waals surface area (Å²) in [6.45, 7) is 2.28. The van der Waals surface area contributed by atoms with E-state index >= 15 is 0 Å². The molecule has 0 amide bonds. The van der Waals surface area contributed by atoms with E-state index in [2.05, 4.69) is 31.2 Å². The number of benzene rings is 2. The maximum Gasteiger partial charge on any atom is 0.335 e. The van der Waals surface area contributed by atoms with Crippen molar-refractivity contribution in [2.45, 2.75) is 57.8 Å². The number of carboxylic acid groups (broad SMARTS) is 1. The van der Waals surface area contributed by atoms with E-state index in [1.807, 2.05) is 12.1 Å². The van der Waals surface area contributed by atoms with Crippen molar-refractivity contribution in [3.05, 3.63) is 59.7 Å². The van der Waals surface area contributed by atoms with Crippen molar-refractivity contribution in [3.63, 3.8) is 0 Å². The van der Waals surface area contributed by atoms with Crippen molar-refractivity contribution in [2.24, 2.45) is 5.92 Å². The lowest BCUT2D eigenvalue weighted by atomic mass is 9.77. The van der Waals surface area contributed by atoms with E-state index in [0.29, 0.717) is 11.5 Å². The van der Waals surface area contributed by atoms with Crippen molar-refractivity contribution in [2.75, 3.05) is 0 Å². The van der Waals surface area contributed by atoms with Crippen LogP contribution in [0.3, 0.4) is 0 Å². The third-order valence-electron chi connectivity index (χ3n) is 5.66. The summed E-state index contributed by atoms with van der Waals surface area (Å²) < 4.78 is 0. The third-order valence-corrected chi connectivity index (χ3v) is 5.66. The van der Waals surface area contributed by atoms with Gasteiger partial charge in [-0.3, -0.25) is 0 Å². The van der Waals surface area contributed by atoms with Crippen molar-refractivity contribution in [1.82, 2.24) is 0 Å². The minimum absolute atomic E-state index is 0.334. The molecule has 0 atom stereocenters. The maximum absolute atomic E-state index is 10.9. The van der Waals surface area contributed by atoms with Gasteiger partial charge in [-0.2, -0.15) is 0 Å². The van der Waals surface area contributed by atoms with Crippen LogP contribution in [0.5, 0.6) is 0 Å². The van der Waals surface area contributed by atoms with Gasteiger partial charge < -0.3 is 5.11 Å². The van der Waals surface area contributed by atoms with Crippen LogP contribution in [-0.2, 0) is 0 Å². The summed E-state index contributed by atoms with van der Waals surface area (Å²) in [6.07, 6.45) is 9.50. The molecule has 0 saturated heterocycles. The maximum atomic E-state index is 10.9. The number of rotatable bonds is 6. The van der Waals surface area contributed by atoms with Gasteiger partial charge in [0, 0.05) is 0 Å². The van der Waals surface area contributed by atoms with Crippen LogP contribution in [0.15, 0.2) is 48.5 Å². The largest absolute Gasteiger partial charge is 0.478 e. The summed E-state index contributed by atoms with van der Waals surface area (Å²) in [5.74, 6) is 0.779. The first-order chi connectivity index (χ1) is 12.2. The molecule has 0 bridgehead atoms. The Morgan fingerprint density at radius 2 is 1.48 bits per heavy atom. The minimum Gasteiger partial charge on any atom is -0.478 e. The van der Waals surface area contributed by atoms with E-state index < -0.39 is 5.97 Å². The smallest absolute Gasteiger partial charge is 0.335 e. The number of unbranched alkanes of at least 4 members (excludes halogenated alkanes) is 1. The zero-order chi connectivity index (χ0) is 17.6. The standard InChI is InChI=1S/C23H28O2/c1-2-3-4-17-5-7-18(8-6-17)19-9-11-20(12-10-19)21-13-15-22(16-14-21)23(24)25/h9-18H,2-8H2,1H3,(H,24,25). The highest BCUT2D eigenvalue weighted by atomic mass is 16.4. The van der Waals surface area contributed by atoms with Gasteiger partial charge >= 0.3 is 5.97 Å². The molecular formula is C23H28O2. The van der Waals surface area contributed by atoms with Gasteiger partial charge in [-0.05, 0) is 66.3 Å². The monoisotopic (exact) mass is 336 g/mol. The van der Waals surface area contributed by atoms with Gasteiger partial charge in [0.25, 0.3) is 0 Å². The number of carbonyl (C=O) groups is 1. The van der Waals surface area contributed by atoms with E-state index in [-0.39, 0.29) is 0 Å². The second kappa shape index (κ2) is 8.33. The van der Waals surface area contributed by atoms with Gasteiger partial charge in [0.05, 0.1) is 5.56 Å². The molecule has 0 heterocycles. The molecule has 2 nitrogen and oxygen atoms in total. The highest BCUT2D eigenvalue weighted by molar-refractivity contribution is 5.88. The van der Waals surface area contributed by atoms with Gasteiger partial charge in [-0.25, -0.2) is 4.79 Å². The molecule has 1 fully saturated rings. The average Bonchev–Trinajstić information content (AvgIpc) is 2.67. The molecule has 0 spiro atoms. The molecular weight excluding hydrogens is 308 g/mol. The van der Waals surface area contributed by atoms with Crippen molar-refractivity contribution in [3.8, 4) is 11.1 Å². The zero-order valence-corrected chi connectivity index (χ0v) is 15.1. The lowest BCUT2D eigenvalue weighted by Gasteiger charge is -2.29. The lowest BCUT2D eigenvalue weighted by Crippen LogP contribution is -2.13. The average molecular weight is 336 g/mol. The molecule has 1 saturated carbocycles. The quantitative estimate of drug-likeness (QED) is 0.652. The highest BCUT2D eigenvalue weighted by Gasteiger charge is 2.21. The van der Waals surface area contributed by atoms with E-state index in [4.69, 9.17) is 5.11 Å². The molecule has 2 aromatic carbocycles. The molecule has 2 heteroatoms. The Bertz CT molecular complexity index is 677. The highest BCUT2D eigenvalue weighted by Crippen LogP contribution is 2.38. The first-order valence-electron chi connectivity index (χ1n) is 9.61. The van der Waals surface area contributed by atoms with E-state index in [1.165, 1.54) is 50.5 Å². The van der Waals surface area contributed by atoms with Crippen LogP contribution in [-0.4, -0.2) is 11.1 Å². The second-order valence-electron chi connectivity index (χ2n) is 7.36. The van der Waals surface area contributed by atoms with Gasteiger partial charge in [0.15, 0.2) is 0 Å². The van der Waals surface area contributed by atoms with Crippen LogP contribution >= 0.6 is 0 Å². The topological polar surface area (TPSA) is 37.3 Å². The van der Waals surface area contributed by atoms with Crippen LogP contribution in [0.4, 0.5) is 0 Å². The number of hydrogen-bond acceptors (Lipinski definition) is 1. The molecule has 0 aliphatic heterocycles. The summed E-state index contributed by atoms with van der Waals surface area (Å²) in [7, 11) is 0. The van der Waals surface area contributed by atoms with Crippen LogP contribution in [0.1, 0.15) is 73.7 Å². The van der Waals surface area contributed by atoms with Crippen LogP contribution in [0.25, 0.3) is 11.1 Å². The third kappa shape index (κ3) is 4.50. The van der Waals surface area contributed by atoms with Gasteiger partial charge in [0.2, 0.25) is 0 Å².